The van der Waals surface area contributed by atoms with Crippen molar-refractivity contribution in [1.82, 2.24) is 0 Å². The second-order valence-corrected chi connectivity index (χ2v) is 2.72. The number of ether oxygens (including phenoxy) is 1. The molecule has 4 N–H and O–H groups in total. The summed E-state index contributed by atoms with van der Waals surface area (Å²) in [6.45, 7) is 0. The zero-order valence-corrected chi connectivity index (χ0v) is 7.85. The number of carbonyl (C=O) groups is 2. The number of hydrogen-bond acceptors (Lipinski definition) is 4. The van der Waals surface area contributed by atoms with E-state index in [2.05, 4.69) is 0 Å². The van der Waals surface area contributed by atoms with Gasteiger partial charge in [-0.25, -0.2) is 9.59 Å². The number of nitrogen functional groups attached to an aromatic ring is 1. The third kappa shape index (κ3) is 1.83. The maximum absolute atomic E-state index is 10.7. The number of benzene rings is 1. The van der Waals surface area contributed by atoms with Gasteiger partial charge in [0.1, 0.15) is 5.56 Å². The molecule has 6 nitrogen and oxygen atoms in total. The Kier molecular flexibility index (Phi) is 2.80. The van der Waals surface area contributed by atoms with Crippen molar-refractivity contribution < 1.29 is 24.5 Å². The Morgan fingerprint density at radius 1 is 1.20 bits per heavy atom. The van der Waals surface area contributed by atoms with E-state index in [0.29, 0.717) is 0 Å². The summed E-state index contributed by atoms with van der Waals surface area (Å²) in [4.78, 5) is 21.4. The van der Waals surface area contributed by atoms with Gasteiger partial charge in [0.25, 0.3) is 0 Å². The number of nitrogens with two attached hydrogens (primary N) is 1. The van der Waals surface area contributed by atoms with Crippen molar-refractivity contribution in [3.05, 3.63) is 23.3 Å². The molecule has 0 unspecified atom stereocenters. The minimum Gasteiger partial charge on any atom is -0.494 e. The largest absolute Gasteiger partial charge is 0.494 e. The maximum atomic E-state index is 10.7. The molecule has 0 radical (unpaired) electrons. The molecule has 15 heavy (non-hydrogen) atoms. The number of hydrogen-bond donors (Lipinski definition) is 3. The molecule has 0 heterocycles. The summed E-state index contributed by atoms with van der Waals surface area (Å²) in [5.41, 5.74) is 4.92. The molecular weight excluding hydrogens is 202 g/mol. The summed E-state index contributed by atoms with van der Waals surface area (Å²) < 4.78 is 4.76. The molecule has 1 aromatic rings. The lowest BCUT2D eigenvalue weighted by Crippen LogP contribution is -2.08. The number of methoxy groups -OCH3 is 1. The third-order valence-corrected chi connectivity index (χ3v) is 1.86. The second-order valence-electron chi connectivity index (χ2n) is 2.72. The van der Waals surface area contributed by atoms with Gasteiger partial charge < -0.3 is 20.7 Å². The molecule has 6 heteroatoms. The van der Waals surface area contributed by atoms with Crippen molar-refractivity contribution in [2.24, 2.45) is 0 Å². The lowest BCUT2D eigenvalue weighted by Gasteiger charge is -2.09. The fraction of sp³-hybridized carbons (Fsp3) is 0.111. The zero-order chi connectivity index (χ0) is 11.6. The fourth-order valence-corrected chi connectivity index (χ4v) is 1.17. The van der Waals surface area contributed by atoms with Crippen LogP contribution in [0.4, 0.5) is 5.69 Å². The summed E-state index contributed by atoms with van der Waals surface area (Å²) in [6.07, 6.45) is 0. The van der Waals surface area contributed by atoms with Crippen molar-refractivity contribution in [3.8, 4) is 5.75 Å². The predicted molar refractivity (Wildman–Crippen MR) is 51.3 cm³/mol. The number of carboxylic acid groups (broad SMARTS) is 2. The Morgan fingerprint density at radius 3 is 2.07 bits per heavy atom. The Balaban J connectivity index is 3.45. The average Bonchev–Trinajstić information content (AvgIpc) is 2.16. The van der Waals surface area contributed by atoms with Gasteiger partial charge in [-0.05, 0) is 12.1 Å². The highest BCUT2D eigenvalue weighted by Crippen LogP contribution is 2.29. The topological polar surface area (TPSA) is 110 Å². The fourth-order valence-electron chi connectivity index (χ4n) is 1.17. The number of rotatable bonds is 3. The summed E-state index contributed by atoms with van der Waals surface area (Å²) in [6, 6.07) is 2.27. The Morgan fingerprint density at radius 2 is 1.67 bits per heavy atom. The van der Waals surface area contributed by atoms with E-state index < -0.39 is 11.9 Å². The van der Waals surface area contributed by atoms with Crippen LogP contribution in [-0.4, -0.2) is 29.3 Å². The van der Waals surface area contributed by atoms with Crippen LogP contribution in [0.2, 0.25) is 0 Å². The van der Waals surface area contributed by atoms with Crippen LogP contribution < -0.4 is 10.5 Å². The first kappa shape index (κ1) is 10.8. The number of carboxylic acids is 2. The van der Waals surface area contributed by atoms with Gasteiger partial charge in [-0.3, -0.25) is 0 Å². The van der Waals surface area contributed by atoms with Crippen LogP contribution in [0.3, 0.4) is 0 Å². The van der Waals surface area contributed by atoms with Crippen LogP contribution in [0.15, 0.2) is 12.1 Å². The van der Waals surface area contributed by atoms with Gasteiger partial charge in [-0.2, -0.15) is 0 Å². The predicted octanol–water partition coefficient (Wildman–Crippen LogP) is 0.674. The molecular formula is C9H9NO5. The molecule has 0 amide bonds. The van der Waals surface area contributed by atoms with Crippen molar-refractivity contribution in [2.45, 2.75) is 0 Å². The maximum Gasteiger partial charge on any atom is 0.339 e. The molecule has 0 saturated carbocycles. The zero-order valence-electron chi connectivity index (χ0n) is 7.85. The van der Waals surface area contributed by atoms with E-state index in [-0.39, 0.29) is 22.6 Å². The van der Waals surface area contributed by atoms with Gasteiger partial charge in [0.15, 0.2) is 5.75 Å². The van der Waals surface area contributed by atoms with Gasteiger partial charge in [0.2, 0.25) is 0 Å². The number of aromatic carboxylic acids is 2. The summed E-state index contributed by atoms with van der Waals surface area (Å²) in [5, 5.41) is 17.5. The van der Waals surface area contributed by atoms with Crippen LogP contribution in [-0.2, 0) is 0 Å². The molecule has 1 aromatic carbocycles. The van der Waals surface area contributed by atoms with E-state index in [0.717, 1.165) is 12.1 Å². The highest BCUT2D eigenvalue weighted by Gasteiger charge is 2.19. The van der Waals surface area contributed by atoms with Crippen LogP contribution in [0.1, 0.15) is 20.7 Å². The Hall–Kier alpha value is -2.24. The quantitative estimate of drug-likeness (QED) is 0.634. The first-order valence-electron chi connectivity index (χ1n) is 3.92. The van der Waals surface area contributed by atoms with Gasteiger partial charge >= 0.3 is 11.9 Å². The molecule has 0 aromatic heterocycles. The standard InChI is InChI=1S/C9H9NO5/c1-15-7-5(9(13)14)3-2-4(6(7)10)8(11)12/h2-3H,10H2,1H3,(H,11,12)(H,13,14). The summed E-state index contributed by atoms with van der Waals surface area (Å²) in [5.74, 6) is -2.60. The first-order chi connectivity index (χ1) is 6.99. The van der Waals surface area contributed by atoms with Gasteiger partial charge in [-0.15, -0.1) is 0 Å². The van der Waals surface area contributed by atoms with E-state index in [9.17, 15) is 9.59 Å². The molecule has 0 spiro atoms. The summed E-state index contributed by atoms with van der Waals surface area (Å²) in [7, 11) is 1.23. The van der Waals surface area contributed by atoms with Crippen molar-refractivity contribution in [3.63, 3.8) is 0 Å². The molecule has 0 fully saturated rings. The van der Waals surface area contributed by atoms with Crippen molar-refractivity contribution in [1.29, 1.82) is 0 Å². The lowest BCUT2D eigenvalue weighted by molar-refractivity contribution is 0.0679. The third-order valence-electron chi connectivity index (χ3n) is 1.86. The molecule has 1 rings (SSSR count). The van der Waals surface area contributed by atoms with Crippen molar-refractivity contribution in [2.75, 3.05) is 12.8 Å². The highest BCUT2D eigenvalue weighted by molar-refractivity contribution is 6.00. The van der Waals surface area contributed by atoms with E-state index in [1.54, 1.807) is 0 Å². The normalized spacial score (nSPS) is 9.67. The average molecular weight is 211 g/mol. The van der Waals surface area contributed by atoms with Gasteiger partial charge in [-0.1, -0.05) is 0 Å². The molecule has 80 valence electrons. The monoisotopic (exact) mass is 211 g/mol. The Bertz CT molecular complexity index is 427. The smallest absolute Gasteiger partial charge is 0.339 e. The number of anilines is 1. The molecule has 0 atom stereocenters. The van der Waals surface area contributed by atoms with Gasteiger partial charge in [0, 0.05) is 0 Å². The Labute approximate surface area is 84.9 Å². The van der Waals surface area contributed by atoms with Crippen LogP contribution >= 0.6 is 0 Å². The SMILES string of the molecule is COc1c(C(=O)O)ccc(C(=O)O)c1N. The second kappa shape index (κ2) is 3.87. The minimum absolute atomic E-state index is 0.137. The van der Waals surface area contributed by atoms with E-state index in [4.69, 9.17) is 20.7 Å². The molecule has 0 bridgehead atoms. The molecule has 0 aliphatic rings. The summed E-state index contributed by atoms with van der Waals surface area (Å²) >= 11 is 0. The molecule has 0 saturated heterocycles. The van der Waals surface area contributed by atoms with Crippen molar-refractivity contribution >= 4 is 17.6 Å². The lowest BCUT2D eigenvalue weighted by atomic mass is 10.1. The van der Waals surface area contributed by atoms with E-state index in [1.165, 1.54) is 7.11 Å². The molecule has 0 aliphatic carbocycles. The van der Waals surface area contributed by atoms with Crippen LogP contribution in [0.5, 0.6) is 5.75 Å². The van der Waals surface area contributed by atoms with E-state index >= 15 is 0 Å². The van der Waals surface area contributed by atoms with E-state index in [1.807, 2.05) is 0 Å². The van der Waals surface area contributed by atoms with Crippen LogP contribution in [0, 0.1) is 0 Å². The highest BCUT2D eigenvalue weighted by atomic mass is 16.5. The molecule has 0 aliphatic heterocycles. The first-order valence-corrected chi connectivity index (χ1v) is 3.92. The van der Waals surface area contributed by atoms with Crippen LogP contribution in [0.25, 0.3) is 0 Å². The minimum atomic E-state index is -1.23. The van der Waals surface area contributed by atoms with Gasteiger partial charge in [0.05, 0.1) is 18.4 Å².